The third-order valence-electron chi connectivity index (χ3n) is 1.28. The molecule has 106 valence electrons. The highest BCUT2D eigenvalue weighted by Gasteiger charge is 1.97. The van der Waals surface area contributed by atoms with E-state index in [9.17, 15) is 4.79 Å². The van der Waals surface area contributed by atoms with Crippen molar-refractivity contribution in [2.75, 3.05) is 6.61 Å². The second-order valence-electron chi connectivity index (χ2n) is 2.20. The van der Waals surface area contributed by atoms with Crippen molar-refractivity contribution in [1.29, 1.82) is 0 Å². The van der Waals surface area contributed by atoms with Gasteiger partial charge in [0.1, 0.15) is 6.61 Å². The van der Waals surface area contributed by atoms with E-state index in [1.807, 2.05) is 27.7 Å². The molecule has 0 aliphatic carbocycles. The highest BCUT2D eigenvalue weighted by molar-refractivity contribution is 5.69. The molecule has 2 nitrogen and oxygen atoms in total. The van der Waals surface area contributed by atoms with E-state index < -0.39 is 0 Å². The Morgan fingerprint density at radius 1 is 1.11 bits per heavy atom. The Labute approximate surface area is 114 Å². The zero-order chi connectivity index (χ0) is 15.4. The van der Waals surface area contributed by atoms with Gasteiger partial charge in [0.15, 0.2) is 0 Å². The first-order valence-electron chi connectivity index (χ1n) is 6.34. The molecule has 0 aromatic heterocycles. The van der Waals surface area contributed by atoms with Crippen LogP contribution in [0.25, 0.3) is 0 Å². The summed E-state index contributed by atoms with van der Waals surface area (Å²) in [5.41, 5.74) is 0.854. The Kier molecular flexibility index (Phi) is 41.5. The Morgan fingerprint density at radius 2 is 1.56 bits per heavy atom. The summed E-state index contributed by atoms with van der Waals surface area (Å²) in [5, 5.41) is 0. The summed E-state index contributed by atoms with van der Waals surface area (Å²) < 4.78 is 4.87. The van der Waals surface area contributed by atoms with E-state index in [-0.39, 0.29) is 12.6 Å². The van der Waals surface area contributed by atoms with Gasteiger partial charge in [0.05, 0.1) is 0 Å². The fraction of sp³-hybridized carbons (Fsp3) is 0.438. The van der Waals surface area contributed by atoms with Crippen LogP contribution in [-0.4, -0.2) is 12.6 Å². The van der Waals surface area contributed by atoms with Crippen molar-refractivity contribution in [2.24, 2.45) is 0 Å². The lowest BCUT2D eigenvalue weighted by atomic mass is 10.2. The Bertz CT molecular complexity index is 215. The van der Waals surface area contributed by atoms with Gasteiger partial charge in [-0.25, -0.2) is 0 Å². The van der Waals surface area contributed by atoms with Crippen LogP contribution in [0.15, 0.2) is 50.1 Å². The number of carbonyl (C=O) groups excluding carboxylic acids is 1. The predicted molar refractivity (Wildman–Crippen MR) is 83.7 cm³/mol. The molecule has 0 N–H and O–H groups in total. The highest BCUT2D eigenvalue weighted by atomic mass is 16.5. The van der Waals surface area contributed by atoms with Gasteiger partial charge < -0.3 is 4.74 Å². The molecule has 0 saturated carbocycles. The van der Waals surface area contributed by atoms with Gasteiger partial charge in [-0.2, -0.15) is 0 Å². The average molecular weight is 254 g/mol. The maximum Gasteiger partial charge on any atom is 0.305 e. The fourth-order valence-corrected chi connectivity index (χ4v) is 0.592. The Balaban J connectivity index is -0.000000141. The van der Waals surface area contributed by atoms with Gasteiger partial charge in [0.25, 0.3) is 0 Å². The monoisotopic (exact) mass is 254 g/mol. The molecule has 0 amide bonds. The van der Waals surface area contributed by atoms with Gasteiger partial charge in [-0.15, -0.1) is 13.2 Å². The number of carbonyl (C=O) groups is 1. The smallest absolute Gasteiger partial charge is 0.305 e. The van der Waals surface area contributed by atoms with Crippen molar-refractivity contribution in [3.05, 3.63) is 50.1 Å². The number of ether oxygens (including phenoxy) is 1. The molecule has 18 heavy (non-hydrogen) atoms. The molecule has 0 aromatic carbocycles. The number of allylic oxidation sites excluding steroid dienone is 2. The minimum absolute atomic E-state index is 0.202. The van der Waals surface area contributed by atoms with Crippen molar-refractivity contribution in [2.45, 2.75) is 41.0 Å². The molecular weight excluding hydrogens is 224 g/mol. The lowest BCUT2D eigenvalue weighted by molar-refractivity contribution is -0.142. The molecule has 0 radical (unpaired) electrons. The van der Waals surface area contributed by atoms with Crippen molar-refractivity contribution in [1.82, 2.24) is 0 Å². The molecule has 0 aliphatic heterocycles. The number of hydrogen-bond acceptors (Lipinski definition) is 2. The first-order chi connectivity index (χ1) is 8.74. The second-order valence-corrected chi connectivity index (χ2v) is 2.20. The van der Waals surface area contributed by atoms with Crippen LogP contribution in [0.4, 0.5) is 0 Å². The van der Waals surface area contributed by atoms with Crippen molar-refractivity contribution < 1.29 is 9.53 Å². The SMILES string of the molecule is C=C.C=C/C=C(\C=C)COC(=O)CC.CC.CC. The third kappa shape index (κ3) is 23.9. The van der Waals surface area contributed by atoms with Crippen molar-refractivity contribution in [3.8, 4) is 0 Å². The third-order valence-corrected chi connectivity index (χ3v) is 1.28. The first kappa shape index (κ1) is 25.3. The molecular formula is C16H30O2. The second kappa shape index (κ2) is 29.5. The van der Waals surface area contributed by atoms with Crippen LogP contribution in [0.2, 0.25) is 0 Å². The van der Waals surface area contributed by atoms with Crippen LogP contribution in [-0.2, 0) is 9.53 Å². The van der Waals surface area contributed by atoms with Gasteiger partial charge in [0, 0.05) is 6.42 Å². The number of hydrogen-bond donors (Lipinski definition) is 0. The standard InChI is InChI=1S/C10H14O2.2C2H6.C2H4/c1-4-7-9(5-2)8-12-10(11)6-3;3*1-2/h4-5,7H,1-2,6,8H2,3H3;2*1-2H3;1-2H2/b9-7+;;;. The van der Waals surface area contributed by atoms with Crippen LogP contribution >= 0.6 is 0 Å². The first-order valence-corrected chi connectivity index (χ1v) is 6.34. The summed E-state index contributed by atoms with van der Waals surface area (Å²) in [4.78, 5) is 10.7. The molecule has 0 aromatic rings. The average Bonchev–Trinajstić information content (AvgIpc) is 2.49. The minimum atomic E-state index is -0.202. The van der Waals surface area contributed by atoms with E-state index >= 15 is 0 Å². The quantitative estimate of drug-likeness (QED) is 0.388. The fourth-order valence-electron chi connectivity index (χ4n) is 0.592. The van der Waals surface area contributed by atoms with E-state index in [0.29, 0.717) is 6.42 Å². The van der Waals surface area contributed by atoms with E-state index in [1.165, 1.54) is 0 Å². The van der Waals surface area contributed by atoms with Crippen LogP contribution < -0.4 is 0 Å². The van der Waals surface area contributed by atoms with Gasteiger partial charge in [-0.05, 0) is 5.57 Å². The number of rotatable bonds is 5. The highest BCUT2D eigenvalue weighted by Crippen LogP contribution is 1.98. The molecule has 0 rings (SSSR count). The van der Waals surface area contributed by atoms with Crippen molar-refractivity contribution in [3.63, 3.8) is 0 Å². The van der Waals surface area contributed by atoms with Crippen LogP contribution in [0.5, 0.6) is 0 Å². The maximum absolute atomic E-state index is 10.7. The summed E-state index contributed by atoms with van der Waals surface area (Å²) >= 11 is 0. The van der Waals surface area contributed by atoms with E-state index in [4.69, 9.17) is 4.74 Å². The molecule has 0 bridgehead atoms. The molecule has 0 heterocycles. The van der Waals surface area contributed by atoms with Gasteiger partial charge >= 0.3 is 5.97 Å². The van der Waals surface area contributed by atoms with E-state index in [0.717, 1.165) is 5.57 Å². The van der Waals surface area contributed by atoms with Crippen LogP contribution in [0.1, 0.15) is 41.0 Å². The Morgan fingerprint density at radius 3 is 1.83 bits per heavy atom. The van der Waals surface area contributed by atoms with Crippen molar-refractivity contribution >= 4 is 5.97 Å². The minimum Gasteiger partial charge on any atom is -0.461 e. The molecule has 0 unspecified atom stereocenters. The van der Waals surface area contributed by atoms with Gasteiger partial charge in [0.2, 0.25) is 0 Å². The van der Waals surface area contributed by atoms with E-state index in [1.54, 1.807) is 25.2 Å². The molecule has 0 saturated heterocycles. The molecule has 0 spiro atoms. The topological polar surface area (TPSA) is 26.3 Å². The molecule has 0 aliphatic rings. The number of esters is 1. The summed E-state index contributed by atoms with van der Waals surface area (Å²) in [6, 6.07) is 0. The van der Waals surface area contributed by atoms with Gasteiger partial charge in [-0.1, -0.05) is 66.0 Å². The van der Waals surface area contributed by atoms with Crippen LogP contribution in [0, 0.1) is 0 Å². The van der Waals surface area contributed by atoms with Crippen LogP contribution in [0.3, 0.4) is 0 Å². The zero-order valence-electron chi connectivity index (χ0n) is 12.8. The molecule has 2 heteroatoms. The summed E-state index contributed by atoms with van der Waals surface area (Å²) in [7, 11) is 0. The van der Waals surface area contributed by atoms with Gasteiger partial charge in [-0.3, -0.25) is 4.79 Å². The summed E-state index contributed by atoms with van der Waals surface area (Å²) in [6.07, 6.45) is 5.44. The largest absolute Gasteiger partial charge is 0.461 e. The summed E-state index contributed by atoms with van der Waals surface area (Å²) in [5.74, 6) is -0.202. The molecule has 0 atom stereocenters. The normalized spacial score (nSPS) is 7.94. The Hall–Kier alpha value is -1.57. The lowest BCUT2D eigenvalue weighted by Gasteiger charge is -2.02. The molecule has 0 fully saturated rings. The zero-order valence-corrected chi connectivity index (χ0v) is 12.8. The van der Waals surface area contributed by atoms with E-state index in [2.05, 4.69) is 26.3 Å². The maximum atomic E-state index is 10.7. The summed E-state index contributed by atoms with van der Waals surface area (Å²) in [6.45, 7) is 23.1. The predicted octanol–water partition coefficient (Wildman–Crippen LogP) is 5.09. The lowest BCUT2D eigenvalue weighted by Crippen LogP contribution is -2.04.